The van der Waals surface area contributed by atoms with E-state index in [1.54, 1.807) is 0 Å². The molecular formula is C21H41N11O6S. The Bertz CT molecular complexity index is 894. The minimum Gasteiger partial charge on any atom is -0.480 e. The number of guanidine groups is 2. The number of thioether (sulfide) groups is 1. The Kier molecular flexibility index (Phi) is 17.4. The monoisotopic (exact) mass is 575 g/mol. The molecular weight excluding hydrogens is 534 g/mol. The second kappa shape index (κ2) is 19.3. The second-order valence-electron chi connectivity index (χ2n) is 8.48. The van der Waals surface area contributed by atoms with Gasteiger partial charge in [0.2, 0.25) is 23.6 Å². The molecule has 0 aliphatic heterocycles. The third-order valence-corrected chi connectivity index (χ3v) is 5.79. The molecule has 4 unspecified atom stereocenters. The Morgan fingerprint density at radius 2 is 1.21 bits per heavy atom. The summed E-state index contributed by atoms with van der Waals surface area (Å²) >= 11 is 1.50. The molecule has 17 nitrogen and oxygen atoms in total. The van der Waals surface area contributed by atoms with E-state index in [0.29, 0.717) is 12.2 Å². The first kappa shape index (κ1) is 35.2. The van der Waals surface area contributed by atoms with Crippen LogP contribution in [0.5, 0.6) is 0 Å². The fourth-order valence-electron chi connectivity index (χ4n) is 3.14. The molecule has 0 radical (unpaired) electrons. The average molecular weight is 576 g/mol. The molecule has 0 rings (SSSR count). The van der Waals surface area contributed by atoms with E-state index in [0.717, 1.165) is 0 Å². The number of aliphatic carboxylic acids is 1. The number of hydrogen-bond acceptors (Lipinski definition) is 9. The predicted octanol–water partition coefficient (Wildman–Crippen LogP) is -4.41. The van der Waals surface area contributed by atoms with E-state index in [-0.39, 0.29) is 50.7 Å². The number of nitrogens with two attached hydrogens (primary N) is 6. The third kappa shape index (κ3) is 16.6. The molecule has 0 spiro atoms. The van der Waals surface area contributed by atoms with Crippen molar-refractivity contribution in [3.8, 4) is 0 Å². The van der Waals surface area contributed by atoms with Gasteiger partial charge >= 0.3 is 5.97 Å². The van der Waals surface area contributed by atoms with E-state index in [1.165, 1.54) is 11.8 Å². The van der Waals surface area contributed by atoms with E-state index in [2.05, 4.69) is 25.9 Å². The van der Waals surface area contributed by atoms with Crippen molar-refractivity contribution in [2.75, 3.05) is 25.1 Å². The van der Waals surface area contributed by atoms with Gasteiger partial charge in [-0.2, -0.15) is 11.8 Å². The third-order valence-electron chi connectivity index (χ3n) is 5.15. The molecule has 39 heavy (non-hydrogen) atoms. The Labute approximate surface area is 230 Å². The number of hydrogen-bond donors (Lipinski definition) is 10. The van der Waals surface area contributed by atoms with E-state index in [1.807, 2.05) is 6.26 Å². The van der Waals surface area contributed by atoms with Crippen LogP contribution in [-0.4, -0.2) is 95.9 Å². The number of rotatable bonds is 20. The minimum absolute atomic E-state index is 0.0352. The van der Waals surface area contributed by atoms with Crippen molar-refractivity contribution in [2.45, 2.75) is 62.7 Å². The van der Waals surface area contributed by atoms with E-state index >= 15 is 0 Å². The van der Waals surface area contributed by atoms with Gasteiger partial charge < -0.3 is 55.5 Å². The van der Waals surface area contributed by atoms with Crippen molar-refractivity contribution >= 4 is 53.3 Å². The number of primary amides is 1. The zero-order valence-corrected chi connectivity index (χ0v) is 22.7. The summed E-state index contributed by atoms with van der Waals surface area (Å²) in [6.07, 6.45) is 2.13. The van der Waals surface area contributed by atoms with Gasteiger partial charge in [-0.15, -0.1) is 0 Å². The van der Waals surface area contributed by atoms with Gasteiger partial charge in [-0.3, -0.25) is 29.2 Å². The number of nitrogens with zero attached hydrogens (tertiary/aromatic N) is 2. The molecule has 0 heterocycles. The molecule has 0 saturated carbocycles. The fraction of sp³-hybridized carbons (Fsp3) is 0.667. The van der Waals surface area contributed by atoms with E-state index < -0.39 is 60.2 Å². The number of carbonyl (C=O) groups is 5. The van der Waals surface area contributed by atoms with Crippen molar-refractivity contribution in [2.24, 2.45) is 44.4 Å². The standard InChI is InChI=1S/C21H41N11O6S/c1-39-9-6-11(22)16(34)30-12(4-2-7-28-20(24)25)17(35)32-14(10-15(23)33)18(36)31-13(19(37)38)5-3-8-29-21(26)27/h11-14H,2-10,22H2,1H3,(H2,23,33)(H,30,34)(H,31,36)(H,32,35)(H,37,38)(H4,24,25,28)(H4,26,27,29). The molecule has 0 bridgehead atoms. The normalized spacial score (nSPS) is 13.6. The van der Waals surface area contributed by atoms with Crippen molar-refractivity contribution in [3.05, 3.63) is 0 Å². The van der Waals surface area contributed by atoms with Gasteiger partial charge in [0, 0.05) is 13.1 Å². The molecule has 0 saturated heterocycles. The van der Waals surface area contributed by atoms with Gasteiger partial charge in [-0.25, -0.2) is 4.79 Å². The van der Waals surface area contributed by atoms with Gasteiger partial charge in [-0.1, -0.05) is 0 Å². The van der Waals surface area contributed by atoms with Gasteiger partial charge in [0.1, 0.15) is 18.1 Å². The molecule has 4 atom stereocenters. The van der Waals surface area contributed by atoms with Crippen LogP contribution in [0.15, 0.2) is 9.98 Å². The molecule has 0 aromatic carbocycles. The summed E-state index contributed by atoms with van der Waals surface area (Å²) in [7, 11) is 0. The first-order valence-electron chi connectivity index (χ1n) is 12.1. The van der Waals surface area contributed by atoms with Crippen LogP contribution in [0.2, 0.25) is 0 Å². The highest BCUT2D eigenvalue weighted by atomic mass is 32.2. The highest BCUT2D eigenvalue weighted by molar-refractivity contribution is 7.98. The molecule has 0 aliphatic carbocycles. The highest BCUT2D eigenvalue weighted by Crippen LogP contribution is 2.05. The van der Waals surface area contributed by atoms with Crippen LogP contribution in [0, 0.1) is 0 Å². The molecule has 0 aromatic heterocycles. The lowest BCUT2D eigenvalue weighted by atomic mass is 10.1. The maximum Gasteiger partial charge on any atom is 0.326 e. The summed E-state index contributed by atoms with van der Waals surface area (Å²) in [5.74, 6) is -4.33. The second-order valence-corrected chi connectivity index (χ2v) is 9.46. The topological polar surface area (TPSA) is 323 Å². The van der Waals surface area contributed by atoms with Gasteiger partial charge in [0.25, 0.3) is 0 Å². The SMILES string of the molecule is CSCCC(N)C(=O)NC(CCCN=C(N)N)C(=O)NC(CC(N)=O)C(=O)NC(CCCN=C(N)N)C(=O)O. The van der Waals surface area contributed by atoms with E-state index in [9.17, 15) is 29.1 Å². The van der Waals surface area contributed by atoms with Crippen molar-refractivity contribution in [1.29, 1.82) is 0 Å². The van der Waals surface area contributed by atoms with Crippen molar-refractivity contribution < 1.29 is 29.1 Å². The Hall–Kier alpha value is -3.80. The maximum absolute atomic E-state index is 13.1. The lowest BCUT2D eigenvalue weighted by molar-refractivity contribution is -0.142. The number of carboxylic acid groups (broad SMARTS) is 1. The van der Waals surface area contributed by atoms with Crippen LogP contribution in [0.3, 0.4) is 0 Å². The molecule has 18 heteroatoms. The van der Waals surface area contributed by atoms with Crippen LogP contribution in [0.4, 0.5) is 0 Å². The maximum atomic E-state index is 13.1. The van der Waals surface area contributed by atoms with Crippen molar-refractivity contribution in [3.63, 3.8) is 0 Å². The minimum atomic E-state index is -1.52. The summed E-state index contributed by atoms with van der Waals surface area (Å²) in [4.78, 5) is 69.3. The van der Waals surface area contributed by atoms with Crippen molar-refractivity contribution in [1.82, 2.24) is 16.0 Å². The Morgan fingerprint density at radius 1 is 0.744 bits per heavy atom. The Morgan fingerprint density at radius 3 is 1.67 bits per heavy atom. The number of amides is 4. The lowest BCUT2D eigenvalue weighted by Gasteiger charge is -2.24. The smallest absolute Gasteiger partial charge is 0.326 e. The largest absolute Gasteiger partial charge is 0.480 e. The number of carboxylic acids is 1. The zero-order valence-electron chi connectivity index (χ0n) is 21.9. The van der Waals surface area contributed by atoms with Crippen LogP contribution in [0.1, 0.15) is 38.5 Å². The summed E-state index contributed by atoms with van der Waals surface area (Å²) in [6, 6.07) is -4.92. The molecule has 0 aliphatic rings. The molecule has 4 amide bonds. The summed E-state index contributed by atoms with van der Waals surface area (Å²) in [5.41, 5.74) is 32.2. The quantitative estimate of drug-likeness (QED) is 0.0373. The molecule has 0 fully saturated rings. The van der Waals surface area contributed by atoms with Crippen LogP contribution in [-0.2, 0) is 24.0 Å². The highest BCUT2D eigenvalue weighted by Gasteiger charge is 2.31. The van der Waals surface area contributed by atoms with Crippen LogP contribution in [0.25, 0.3) is 0 Å². The number of nitrogens with one attached hydrogen (secondary N) is 3. The van der Waals surface area contributed by atoms with E-state index in [4.69, 9.17) is 34.4 Å². The molecule has 16 N–H and O–H groups in total. The van der Waals surface area contributed by atoms with Gasteiger partial charge in [0.05, 0.1) is 12.5 Å². The van der Waals surface area contributed by atoms with Crippen LogP contribution >= 0.6 is 11.8 Å². The zero-order chi connectivity index (χ0) is 30.0. The summed E-state index contributed by atoms with van der Waals surface area (Å²) in [6.45, 7) is 0.287. The first-order chi connectivity index (χ1) is 18.3. The number of aliphatic imine (C=N–C) groups is 2. The molecule has 0 aromatic rings. The number of carbonyl (C=O) groups excluding carboxylic acids is 4. The van der Waals surface area contributed by atoms with Gasteiger partial charge in [-0.05, 0) is 44.1 Å². The van der Waals surface area contributed by atoms with Gasteiger partial charge in [0.15, 0.2) is 11.9 Å². The predicted molar refractivity (Wildman–Crippen MR) is 148 cm³/mol. The Balaban J connectivity index is 5.58. The summed E-state index contributed by atoms with van der Waals surface area (Å²) < 4.78 is 0. The van der Waals surface area contributed by atoms with Crippen LogP contribution < -0.4 is 50.4 Å². The average Bonchev–Trinajstić information content (AvgIpc) is 2.84. The lowest BCUT2D eigenvalue weighted by Crippen LogP contribution is -2.57. The molecule has 222 valence electrons. The fourth-order valence-corrected chi connectivity index (χ4v) is 3.63. The summed E-state index contributed by atoms with van der Waals surface area (Å²) in [5, 5.41) is 16.7. The first-order valence-corrected chi connectivity index (χ1v) is 13.4.